The fourth-order valence-corrected chi connectivity index (χ4v) is 2.63. The standard InChI is InChI=1S/C14H10F3N7/c15-14(16,17)11-8-2-1-6(5-9(8)21-22-11)7-3-4-10-20-13(19)23-24(10)12(7)18/h1-5H,18H2,(H2,19,23)(H,21,22). The third-order valence-electron chi connectivity index (χ3n) is 3.69. The van der Waals surface area contributed by atoms with E-state index in [1.54, 1.807) is 24.3 Å². The van der Waals surface area contributed by atoms with Crippen LogP contribution >= 0.6 is 0 Å². The number of benzene rings is 1. The second kappa shape index (κ2) is 4.60. The van der Waals surface area contributed by atoms with Crippen LogP contribution in [-0.2, 0) is 6.18 Å². The summed E-state index contributed by atoms with van der Waals surface area (Å²) < 4.78 is 40.0. The zero-order valence-corrected chi connectivity index (χ0v) is 12.0. The Bertz CT molecular complexity index is 1080. The van der Waals surface area contributed by atoms with Gasteiger partial charge in [0, 0.05) is 10.9 Å². The molecule has 0 bridgehead atoms. The van der Waals surface area contributed by atoms with E-state index in [-0.39, 0.29) is 22.7 Å². The van der Waals surface area contributed by atoms with Gasteiger partial charge in [0.25, 0.3) is 0 Å². The van der Waals surface area contributed by atoms with E-state index in [1.165, 1.54) is 10.6 Å². The largest absolute Gasteiger partial charge is 0.435 e. The summed E-state index contributed by atoms with van der Waals surface area (Å²) in [5, 5.41) is 9.73. The smallest absolute Gasteiger partial charge is 0.383 e. The Morgan fingerprint density at radius 1 is 1.08 bits per heavy atom. The predicted molar refractivity (Wildman–Crippen MR) is 81.9 cm³/mol. The van der Waals surface area contributed by atoms with Crippen molar-refractivity contribution in [3.8, 4) is 11.1 Å². The summed E-state index contributed by atoms with van der Waals surface area (Å²) in [6.45, 7) is 0. The zero-order chi connectivity index (χ0) is 17.1. The van der Waals surface area contributed by atoms with Crippen LogP contribution < -0.4 is 11.5 Å². The Balaban J connectivity index is 1.89. The van der Waals surface area contributed by atoms with Crippen molar-refractivity contribution >= 4 is 28.3 Å². The van der Waals surface area contributed by atoms with Crippen LogP contribution in [0.15, 0.2) is 30.3 Å². The molecule has 0 saturated heterocycles. The topological polar surface area (TPSA) is 111 Å². The molecule has 0 spiro atoms. The molecule has 4 rings (SSSR count). The number of fused-ring (bicyclic) bond motifs is 2. The number of hydrogen-bond acceptors (Lipinski definition) is 5. The molecule has 122 valence electrons. The van der Waals surface area contributed by atoms with Gasteiger partial charge in [0.2, 0.25) is 5.95 Å². The van der Waals surface area contributed by atoms with Gasteiger partial charge in [-0.05, 0) is 29.8 Å². The molecule has 5 N–H and O–H groups in total. The number of anilines is 2. The summed E-state index contributed by atoms with van der Waals surface area (Å²) in [7, 11) is 0. The molecule has 3 aromatic heterocycles. The Kier molecular flexibility index (Phi) is 2.74. The maximum Gasteiger partial charge on any atom is 0.435 e. The van der Waals surface area contributed by atoms with Crippen LogP contribution in [-0.4, -0.2) is 24.8 Å². The minimum atomic E-state index is -4.52. The van der Waals surface area contributed by atoms with Gasteiger partial charge in [0.1, 0.15) is 5.82 Å². The molecule has 0 saturated carbocycles. The van der Waals surface area contributed by atoms with E-state index in [9.17, 15) is 13.2 Å². The highest BCUT2D eigenvalue weighted by Crippen LogP contribution is 2.35. The molecule has 0 aliphatic rings. The first-order valence-electron chi connectivity index (χ1n) is 6.81. The van der Waals surface area contributed by atoms with Crippen molar-refractivity contribution in [2.24, 2.45) is 0 Å². The van der Waals surface area contributed by atoms with Gasteiger partial charge < -0.3 is 11.5 Å². The number of halogens is 3. The summed E-state index contributed by atoms with van der Waals surface area (Å²) in [5.74, 6) is 0.365. The van der Waals surface area contributed by atoms with Crippen LogP contribution in [0, 0.1) is 0 Å². The molecule has 0 unspecified atom stereocenters. The molecular weight excluding hydrogens is 323 g/mol. The molecule has 10 heteroatoms. The predicted octanol–water partition coefficient (Wildman–Crippen LogP) is 2.46. The third kappa shape index (κ3) is 2.03. The summed E-state index contributed by atoms with van der Waals surface area (Å²) in [5.41, 5.74) is 12.6. The number of aromatic nitrogens is 5. The molecule has 4 aromatic rings. The summed E-state index contributed by atoms with van der Waals surface area (Å²) >= 11 is 0. The van der Waals surface area contributed by atoms with E-state index in [0.717, 1.165) is 0 Å². The van der Waals surface area contributed by atoms with E-state index in [4.69, 9.17) is 11.5 Å². The van der Waals surface area contributed by atoms with Gasteiger partial charge in [-0.1, -0.05) is 6.07 Å². The van der Waals surface area contributed by atoms with Gasteiger partial charge in [-0.3, -0.25) is 5.10 Å². The lowest BCUT2D eigenvalue weighted by Crippen LogP contribution is -2.05. The van der Waals surface area contributed by atoms with E-state index in [1.807, 2.05) is 0 Å². The first kappa shape index (κ1) is 14.3. The van der Waals surface area contributed by atoms with Gasteiger partial charge in [0.05, 0.1) is 5.52 Å². The number of nitrogens with two attached hydrogens (primary N) is 2. The molecule has 0 radical (unpaired) electrons. The minimum Gasteiger partial charge on any atom is -0.383 e. The molecule has 0 aliphatic heterocycles. The first-order chi connectivity index (χ1) is 11.3. The molecule has 0 fully saturated rings. The van der Waals surface area contributed by atoms with E-state index < -0.39 is 11.9 Å². The number of nitrogens with one attached hydrogen (secondary N) is 1. The minimum absolute atomic E-state index is 0.00380. The normalized spacial score (nSPS) is 12.3. The van der Waals surface area contributed by atoms with Crippen molar-refractivity contribution in [2.45, 2.75) is 6.18 Å². The number of pyridine rings is 1. The SMILES string of the molecule is Nc1nc2ccc(-c3ccc4c(C(F)(F)F)n[nH]c4c3)c(N)n2n1. The lowest BCUT2D eigenvalue weighted by Gasteiger charge is -2.07. The molecule has 0 atom stereocenters. The van der Waals surface area contributed by atoms with Crippen molar-refractivity contribution in [2.75, 3.05) is 11.5 Å². The van der Waals surface area contributed by atoms with Gasteiger partial charge in [-0.2, -0.15) is 27.8 Å². The maximum absolute atomic E-state index is 12.9. The number of H-pyrrole nitrogens is 1. The number of rotatable bonds is 1. The van der Waals surface area contributed by atoms with E-state index >= 15 is 0 Å². The number of nitrogen functional groups attached to an aromatic ring is 2. The molecule has 7 nitrogen and oxygen atoms in total. The highest BCUT2D eigenvalue weighted by Gasteiger charge is 2.35. The molecule has 3 heterocycles. The fraction of sp³-hybridized carbons (Fsp3) is 0.0714. The van der Waals surface area contributed by atoms with Gasteiger partial charge in [-0.25, -0.2) is 0 Å². The number of alkyl halides is 3. The monoisotopic (exact) mass is 333 g/mol. The Hall–Kier alpha value is -3.30. The number of nitrogens with zero attached hydrogens (tertiary/aromatic N) is 4. The summed E-state index contributed by atoms with van der Waals surface area (Å²) in [6, 6.07) is 7.84. The average Bonchev–Trinajstić information content (AvgIpc) is 3.09. The van der Waals surface area contributed by atoms with Crippen LogP contribution in [0.2, 0.25) is 0 Å². The summed E-state index contributed by atoms with van der Waals surface area (Å²) in [4.78, 5) is 4.00. The highest BCUT2D eigenvalue weighted by molar-refractivity contribution is 5.88. The van der Waals surface area contributed by atoms with Gasteiger partial charge in [0.15, 0.2) is 11.3 Å². The van der Waals surface area contributed by atoms with Crippen molar-refractivity contribution in [1.82, 2.24) is 24.8 Å². The van der Waals surface area contributed by atoms with Crippen LogP contribution in [0.4, 0.5) is 24.9 Å². The first-order valence-corrected chi connectivity index (χ1v) is 6.81. The lowest BCUT2D eigenvalue weighted by atomic mass is 10.0. The van der Waals surface area contributed by atoms with E-state index in [2.05, 4.69) is 20.3 Å². The van der Waals surface area contributed by atoms with Crippen molar-refractivity contribution in [3.05, 3.63) is 36.0 Å². The molecule has 1 aromatic carbocycles. The number of aromatic amines is 1. The summed E-state index contributed by atoms with van der Waals surface area (Å²) in [6.07, 6.45) is -4.52. The highest BCUT2D eigenvalue weighted by atomic mass is 19.4. The van der Waals surface area contributed by atoms with E-state index in [0.29, 0.717) is 16.8 Å². The van der Waals surface area contributed by atoms with Crippen LogP contribution in [0.25, 0.3) is 27.7 Å². The fourth-order valence-electron chi connectivity index (χ4n) is 2.63. The zero-order valence-electron chi connectivity index (χ0n) is 12.0. The van der Waals surface area contributed by atoms with Gasteiger partial charge in [-0.15, -0.1) is 5.10 Å². The molecule has 0 amide bonds. The van der Waals surface area contributed by atoms with Crippen LogP contribution in [0.5, 0.6) is 0 Å². The van der Waals surface area contributed by atoms with Crippen LogP contribution in [0.1, 0.15) is 5.69 Å². The van der Waals surface area contributed by atoms with Crippen molar-refractivity contribution in [3.63, 3.8) is 0 Å². The second-order valence-electron chi connectivity index (χ2n) is 5.20. The molecule has 24 heavy (non-hydrogen) atoms. The van der Waals surface area contributed by atoms with Crippen molar-refractivity contribution in [1.29, 1.82) is 0 Å². The Morgan fingerprint density at radius 2 is 1.88 bits per heavy atom. The quantitative estimate of drug-likeness (QED) is 0.495. The Labute approximate surface area is 132 Å². The van der Waals surface area contributed by atoms with Crippen molar-refractivity contribution < 1.29 is 13.2 Å². The Morgan fingerprint density at radius 3 is 2.62 bits per heavy atom. The lowest BCUT2D eigenvalue weighted by molar-refractivity contribution is -0.139. The average molecular weight is 333 g/mol. The van der Waals surface area contributed by atoms with Gasteiger partial charge >= 0.3 is 6.18 Å². The number of hydrogen-bond donors (Lipinski definition) is 3. The molecule has 0 aliphatic carbocycles. The molecular formula is C14H10F3N7. The van der Waals surface area contributed by atoms with Crippen LogP contribution in [0.3, 0.4) is 0 Å². The maximum atomic E-state index is 12.9. The second-order valence-corrected chi connectivity index (χ2v) is 5.20. The third-order valence-corrected chi connectivity index (χ3v) is 3.69.